The van der Waals surface area contributed by atoms with Gasteiger partial charge in [-0.3, -0.25) is 4.79 Å². The molecule has 1 amide bonds. The van der Waals surface area contributed by atoms with Crippen LogP contribution in [0, 0.1) is 0 Å². The van der Waals surface area contributed by atoms with Crippen LogP contribution in [0.15, 0.2) is 5.51 Å². The maximum atomic E-state index is 11.7. The molecule has 1 aromatic heterocycles. The molecule has 0 aliphatic carbocycles. The topological polar surface area (TPSA) is 70.2 Å². The summed E-state index contributed by atoms with van der Waals surface area (Å²) in [6.45, 7) is 3.64. The van der Waals surface area contributed by atoms with Crippen LogP contribution in [0.1, 0.15) is 0 Å². The van der Waals surface area contributed by atoms with Gasteiger partial charge in [-0.1, -0.05) is 11.3 Å². The van der Waals surface area contributed by atoms with Crippen molar-refractivity contribution < 1.29 is 4.79 Å². The molecule has 0 radical (unpaired) electrons. The molecule has 0 atom stereocenters. The molecule has 2 heterocycles. The molecule has 0 unspecified atom stereocenters. The second kappa shape index (κ2) is 5.04. The number of carbonyl (C=O) groups excluding carboxylic acids is 1. The summed E-state index contributed by atoms with van der Waals surface area (Å²) in [4.78, 5) is 13.5. The van der Waals surface area contributed by atoms with Crippen molar-refractivity contribution in [3.63, 3.8) is 0 Å². The van der Waals surface area contributed by atoms with Crippen molar-refractivity contribution in [1.82, 2.24) is 20.4 Å². The smallest absolute Gasteiger partial charge is 0.242 e. The second-order valence-corrected chi connectivity index (χ2v) is 4.06. The van der Waals surface area contributed by atoms with Crippen LogP contribution in [0.4, 0.5) is 5.13 Å². The number of aromatic nitrogens is 2. The van der Waals surface area contributed by atoms with E-state index in [2.05, 4.69) is 20.8 Å². The Morgan fingerprint density at radius 1 is 1.60 bits per heavy atom. The number of hydrogen-bond donors (Lipinski definition) is 2. The Kier molecular flexibility index (Phi) is 3.46. The molecular formula is C8H13N5OS. The van der Waals surface area contributed by atoms with E-state index >= 15 is 0 Å². The van der Waals surface area contributed by atoms with Crippen molar-refractivity contribution in [3.05, 3.63) is 5.51 Å². The van der Waals surface area contributed by atoms with E-state index in [1.807, 2.05) is 4.90 Å². The van der Waals surface area contributed by atoms with Gasteiger partial charge < -0.3 is 15.5 Å². The quantitative estimate of drug-likeness (QED) is 0.720. The fraction of sp³-hybridized carbons (Fsp3) is 0.625. The Balaban J connectivity index is 1.76. The first-order chi connectivity index (χ1) is 7.36. The van der Waals surface area contributed by atoms with Crippen LogP contribution in [-0.2, 0) is 4.79 Å². The molecule has 0 spiro atoms. The molecule has 2 N–H and O–H groups in total. The van der Waals surface area contributed by atoms with E-state index in [0.717, 1.165) is 26.2 Å². The summed E-state index contributed by atoms with van der Waals surface area (Å²) in [6.07, 6.45) is 0. The zero-order valence-corrected chi connectivity index (χ0v) is 9.09. The minimum Gasteiger partial charge on any atom is -0.351 e. The third kappa shape index (κ3) is 2.87. The Morgan fingerprint density at radius 3 is 3.07 bits per heavy atom. The van der Waals surface area contributed by atoms with Gasteiger partial charge in [-0.05, 0) is 0 Å². The van der Waals surface area contributed by atoms with Crippen LogP contribution >= 0.6 is 11.3 Å². The summed E-state index contributed by atoms with van der Waals surface area (Å²) < 4.78 is 0. The van der Waals surface area contributed by atoms with Gasteiger partial charge in [0.1, 0.15) is 5.51 Å². The summed E-state index contributed by atoms with van der Waals surface area (Å²) >= 11 is 1.40. The molecular weight excluding hydrogens is 214 g/mol. The average molecular weight is 227 g/mol. The maximum Gasteiger partial charge on any atom is 0.242 e. The number of carbonyl (C=O) groups is 1. The number of nitrogens with one attached hydrogen (secondary N) is 2. The van der Waals surface area contributed by atoms with Crippen LogP contribution in [0.2, 0.25) is 0 Å². The largest absolute Gasteiger partial charge is 0.351 e. The van der Waals surface area contributed by atoms with Gasteiger partial charge in [0.15, 0.2) is 0 Å². The van der Waals surface area contributed by atoms with Crippen molar-refractivity contribution in [2.45, 2.75) is 0 Å². The molecule has 6 nitrogen and oxygen atoms in total. The van der Waals surface area contributed by atoms with Crippen molar-refractivity contribution in [2.75, 3.05) is 38.0 Å². The third-order valence-corrected chi connectivity index (χ3v) is 2.87. The van der Waals surface area contributed by atoms with Gasteiger partial charge in [-0.2, -0.15) is 0 Å². The minimum absolute atomic E-state index is 0.117. The summed E-state index contributed by atoms with van der Waals surface area (Å²) in [5.74, 6) is 0.117. The fourth-order valence-electron chi connectivity index (χ4n) is 1.43. The average Bonchev–Trinajstić information content (AvgIpc) is 2.80. The lowest BCUT2D eigenvalue weighted by atomic mass is 10.3. The highest BCUT2D eigenvalue weighted by atomic mass is 32.1. The van der Waals surface area contributed by atoms with E-state index in [9.17, 15) is 4.79 Å². The first-order valence-corrected chi connectivity index (χ1v) is 5.73. The fourth-order valence-corrected chi connectivity index (χ4v) is 1.87. The molecule has 15 heavy (non-hydrogen) atoms. The van der Waals surface area contributed by atoms with Crippen molar-refractivity contribution >= 4 is 22.4 Å². The number of nitrogens with zero attached hydrogens (tertiary/aromatic N) is 3. The van der Waals surface area contributed by atoms with Crippen LogP contribution < -0.4 is 10.6 Å². The molecule has 0 saturated carbocycles. The van der Waals surface area contributed by atoms with Crippen LogP contribution in [0.5, 0.6) is 0 Å². The molecule has 1 aromatic rings. The summed E-state index contributed by atoms with van der Waals surface area (Å²) in [7, 11) is 0. The highest BCUT2D eigenvalue weighted by Crippen LogP contribution is 2.07. The molecule has 82 valence electrons. The third-order valence-electron chi connectivity index (χ3n) is 2.22. The van der Waals surface area contributed by atoms with Gasteiger partial charge >= 0.3 is 0 Å². The van der Waals surface area contributed by atoms with Crippen molar-refractivity contribution in [1.29, 1.82) is 0 Å². The lowest BCUT2D eigenvalue weighted by Crippen LogP contribution is -2.48. The van der Waals surface area contributed by atoms with Gasteiger partial charge in [0, 0.05) is 26.2 Å². The number of hydrogen-bond acceptors (Lipinski definition) is 6. The summed E-state index contributed by atoms with van der Waals surface area (Å²) in [5, 5.41) is 14.3. The van der Waals surface area contributed by atoms with E-state index in [1.54, 1.807) is 5.51 Å². The highest BCUT2D eigenvalue weighted by molar-refractivity contribution is 7.13. The highest BCUT2D eigenvalue weighted by Gasteiger charge is 2.15. The second-order valence-electron chi connectivity index (χ2n) is 3.23. The maximum absolute atomic E-state index is 11.7. The van der Waals surface area contributed by atoms with Crippen LogP contribution in [0.25, 0.3) is 0 Å². The number of anilines is 1. The molecule has 7 heteroatoms. The van der Waals surface area contributed by atoms with E-state index < -0.39 is 0 Å². The van der Waals surface area contributed by atoms with Crippen LogP contribution in [0.3, 0.4) is 0 Å². The van der Waals surface area contributed by atoms with Gasteiger partial charge in [0.05, 0.1) is 6.54 Å². The van der Waals surface area contributed by atoms with Gasteiger partial charge in [0.25, 0.3) is 0 Å². The van der Waals surface area contributed by atoms with E-state index in [0.29, 0.717) is 11.7 Å². The number of amides is 1. The Bertz CT molecular complexity index is 309. The first kappa shape index (κ1) is 10.3. The van der Waals surface area contributed by atoms with Gasteiger partial charge in [-0.25, -0.2) is 0 Å². The van der Waals surface area contributed by atoms with Gasteiger partial charge in [0.2, 0.25) is 11.0 Å². The predicted molar refractivity (Wildman–Crippen MR) is 57.8 cm³/mol. The van der Waals surface area contributed by atoms with E-state index in [-0.39, 0.29) is 5.91 Å². The normalized spacial score (nSPS) is 16.4. The Morgan fingerprint density at radius 2 is 2.40 bits per heavy atom. The molecule has 1 fully saturated rings. The molecule has 2 rings (SSSR count). The van der Waals surface area contributed by atoms with Crippen molar-refractivity contribution in [2.24, 2.45) is 0 Å². The number of rotatable bonds is 3. The lowest BCUT2D eigenvalue weighted by molar-refractivity contribution is -0.129. The lowest BCUT2D eigenvalue weighted by Gasteiger charge is -2.27. The zero-order chi connectivity index (χ0) is 10.5. The van der Waals surface area contributed by atoms with Crippen LogP contribution in [-0.4, -0.2) is 53.7 Å². The zero-order valence-electron chi connectivity index (χ0n) is 8.27. The SMILES string of the molecule is O=C(CNc1nncs1)N1CCNCC1. The summed E-state index contributed by atoms with van der Waals surface area (Å²) in [6, 6.07) is 0. The monoisotopic (exact) mass is 227 g/mol. The van der Waals surface area contributed by atoms with Crippen molar-refractivity contribution in [3.8, 4) is 0 Å². The minimum atomic E-state index is 0.117. The number of piperazine rings is 1. The molecule has 1 aliphatic rings. The van der Waals surface area contributed by atoms with Gasteiger partial charge in [-0.15, -0.1) is 10.2 Å². The first-order valence-electron chi connectivity index (χ1n) is 4.85. The van der Waals surface area contributed by atoms with E-state index in [4.69, 9.17) is 0 Å². The predicted octanol–water partition coefficient (Wildman–Crippen LogP) is -0.618. The molecule has 0 bridgehead atoms. The van der Waals surface area contributed by atoms with E-state index in [1.165, 1.54) is 11.3 Å². The summed E-state index contributed by atoms with van der Waals surface area (Å²) in [5.41, 5.74) is 1.64. The molecule has 1 saturated heterocycles. The standard InChI is InChI=1S/C8H13N5OS/c14-7(13-3-1-9-2-4-13)5-10-8-12-11-6-15-8/h6,9H,1-5H2,(H,10,12). The molecule has 1 aliphatic heterocycles. The Hall–Kier alpha value is -1.21. The Labute approximate surface area is 91.7 Å². The molecule has 0 aromatic carbocycles.